The number of hydrogen-bond acceptors (Lipinski definition) is 4. The van der Waals surface area contributed by atoms with Gasteiger partial charge in [0.1, 0.15) is 0 Å². The van der Waals surface area contributed by atoms with Gasteiger partial charge in [0.2, 0.25) is 0 Å². The van der Waals surface area contributed by atoms with Crippen LogP contribution in [0.25, 0.3) is 0 Å². The van der Waals surface area contributed by atoms with Crippen LogP contribution in [0.15, 0.2) is 29.3 Å². The first kappa shape index (κ1) is 25.1. The Balaban J connectivity index is 0.00000392. The van der Waals surface area contributed by atoms with Crippen LogP contribution >= 0.6 is 24.0 Å². The fraction of sp³-hybridized carbons (Fsp3) is 0.667. The zero-order valence-corrected chi connectivity index (χ0v) is 20.4. The number of guanidine groups is 1. The molecule has 1 saturated heterocycles. The smallest absolute Gasteiger partial charge is 0.191 e. The van der Waals surface area contributed by atoms with E-state index in [0.29, 0.717) is 12.0 Å². The molecule has 1 fully saturated rings. The van der Waals surface area contributed by atoms with E-state index in [1.807, 2.05) is 7.05 Å². The van der Waals surface area contributed by atoms with Crippen LogP contribution < -0.4 is 10.6 Å². The summed E-state index contributed by atoms with van der Waals surface area (Å²) in [5.74, 6) is 1.43. The molecule has 2 rings (SSSR count). The number of halogens is 1. The summed E-state index contributed by atoms with van der Waals surface area (Å²) in [6, 6.07) is 9.06. The molecular formula is C21H38IN5O. The predicted molar refractivity (Wildman–Crippen MR) is 128 cm³/mol. The molecule has 7 heteroatoms. The van der Waals surface area contributed by atoms with Crippen molar-refractivity contribution in [1.82, 2.24) is 20.4 Å². The van der Waals surface area contributed by atoms with E-state index in [-0.39, 0.29) is 24.0 Å². The Hall–Kier alpha value is -0.900. The van der Waals surface area contributed by atoms with Crippen LogP contribution in [0.1, 0.15) is 25.0 Å². The summed E-state index contributed by atoms with van der Waals surface area (Å²) in [4.78, 5) is 9.14. The Morgan fingerprint density at radius 1 is 1.14 bits per heavy atom. The van der Waals surface area contributed by atoms with Crippen molar-refractivity contribution in [3.63, 3.8) is 0 Å². The molecule has 1 aliphatic rings. The first-order chi connectivity index (χ1) is 13.0. The standard InChI is InChI=1S/C21H37N5O.HI/c1-17(2)20(26-10-12-27-13-11-26)15-24-21(22-3)23-14-18-8-6-7-9-19(18)16-25(4)5;/h6-9,17,20H,10-16H2,1-5H3,(H2,22,23,24);1H. The Morgan fingerprint density at radius 2 is 1.79 bits per heavy atom. The van der Waals surface area contributed by atoms with Crippen molar-refractivity contribution in [3.8, 4) is 0 Å². The van der Waals surface area contributed by atoms with Gasteiger partial charge in [0.05, 0.1) is 13.2 Å². The fourth-order valence-electron chi connectivity index (χ4n) is 3.52. The maximum absolute atomic E-state index is 5.50. The number of hydrogen-bond donors (Lipinski definition) is 2. The van der Waals surface area contributed by atoms with Crippen LogP contribution in [-0.4, -0.2) is 75.8 Å². The van der Waals surface area contributed by atoms with Crippen molar-refractivity contribution in [2.75, 3.05) is 54.0 Å². The van der Waals surface area contributed by atoms with E-state index in [1.54, 1.807) is 0 Å². The highest BCUT2D eigenvalue weighted by Gasteiger charge is 2.23. The number of nitrogens with zero attached hydrogens (tertiary/aromatic N) is 3. The van der Waals surface area contributed by atoms with E-state index < -0.39 is 0 Å². The minimum atomic E-state index is 0. The highest BCUT2D eigenvalue weighted by Crippen LogP contribution is 2.13. The van der Waals surface area contributed by atoms with Crippen LogP contribution in [0.2, 0.25) is 0 Å². The van der Waals surface area contributed by atoms with Crippen molar-refractivity contribution < 1.29 is 4.74 Å². The van der Waals surface area contributed by atoms with Gasteiger partial charge < -0.3 is 20.3 Å². The van der Waals surface area contributed by atoms with Crippen molar-refractivity contribution in [2.24, 2.45) is 10.9 Å². The van der Waals surface area contributed by atoms with Gasteiger partial charge >= 0.3 is 0 Å². The summed E-state index contributed by atoms with van der Waals surface area (Å²) in [6.07, 6.45) is 0. The van der Waals surface area contributed by atoms with E-state index in [9.17, 15) is 0 Å². The molecule has 0 radical (unpaired) electrons. The van der Waals surface area contributed by atoms with Gasteiger partial charge in [0, 0.05) is 45.8 Å². The Kier molecular flexibility index (Phi) is 12.0. The van der Waals surface area contributed by atoms with Gasteiger partial charge in [-0.05, 0) is 31.1 Å². The summed E-state index contributed by atoms with van der Waals surface area (Å²) in [5, 5.41) is 7.00. The average Bonchev–Trinajstić information content (AvgIpc) is 2.65. The third-order valence-electron chi connectivity index (χ3n) is 5.04. The molecule has 1 aromatic carbocycles. The second-order valence-electron chi connectivity index (χ2n) is 7.77. The molecule has 1 aliphatic heterocycles. The van der Waals surface area contributed by atoms with Crippen molar-refractivity contribution >= 4 is 29.9 Å². The lowest BCUT2D eigenvalue weighted by Gasteiger charge is -2.37. The molecule has 0 bridgehead atoms. The van der Waals surface area contributed by atoms with Gasteiger partial charge in [-0.1, -0.05) is 38.1 Å². The monoisotopic (exact) mass is 503 g/mol. The molecule has 6 nitrogen and oxygen atoms in total. The van der Waals surface area contributed by atoms with Gasteiger partial charge in [-0.2, -0.15) is 0 Å². The SMILES string of the molecule is CN=C(NCc1ccccc1CN(C)C)NCC(C(C)C)N1CCOCC1.I. The molecule has 160 valence electrons. The number of nitrogens with one attached hydrogen (secondary N) is 2. The van der Waals surface area contributed by atoms with E-state index in [2.05, 4.69) is 77.6 Å². The van der Waals surface area contributed by atoms with Crippen molar-refractivity contribution in [3.05, 3.63) is 35.4 Å². The average molecular weight is 503 g/mol. The third-order valence-corrected chi connectivity index (χ3v) is 5.04. The second kappa shape index (κ2) is 13.3. The molecule has 0 saturated carbocycles. The third kappa shape index (κ3) is 8.23. The molecule has 28 heavy (non-hydrogen) atoms. The quantitative estimate of drug-likeness (QED) is 0.324. The maximum Gasteiger partial charge on any atom is 0.191 e. The molecule has 0 amide bonds. The summed E-state index contributed by atoms with van der Waals surface area (Å²) in [5.41, 5.74) is 2.65. The Morgan fingerprint density at radius 3 is 2.36 bits per heavy atom. The van der Waals surface area contributed by atoms with E-state index in [0.717, 1.165) is 51.9 Å². The number of rotatable bonds is 8. The molecule has 1 atom stereocenters. The van der Waals surface area contributed by atoms with E-state index in [1.165, 1.54) is 11.1 Å². The Labute approximate surface area is 188 Å². The lowest BCUT2D eigenvalue weighted by atomic mass is 10.0. The van der Waals surface area contributed by atoms with Crippen LogP contribution in [0, 0.1) is 5.92 Å². The maximum atomic E-state index is 5.50. The normalized spacial score (nSPS) is 16.8. The van der Waals surface area contributed by atoms with Gasteiger partial charge in [0.15, 0.2) is 5.96 Å². The van der Waals surface area contributed by atoms with Crippen molar-refractivity contribution in [2.45, 2.75) is 33.0 Å². The molecule has 0 aromatic heterocycles. The van der Waals surface area contributed by atoms with Gasteiger partial charge in [0.25, 0.3) is 0 Å². The largest absolute Gasteiger partial charge is 0.379 e. The summed E-state index contributed by atoms with van der Waals surface area (Å²) >= 11 is 0. The number of benzene rings is 1. The highest BCUT2D eigenvalue weighted by atomic mass is 127. The van der Waals surface area contributed by atoms with E-state index in [4.69, 9.17) is 4.74 Å². The zero-order chi connectivity index (χ0) is 19.6. The summed E-state index contributed by atoms with van der Waals surface area (Å²) in [7, 11) is 6.03. The first-order valence-corrected chi connectivity index (χ1v) is 9.99. The minimum absolute atomic E-state index is 0. The van der Waals surface area contributed by atoms with E-state index >= 15 is 0 Å². The highest BCUT2D eigenvalue weighted by molar-refractivity contribution is 14.0. The molecule has 0 spiro atoms. The lowest BCUT2D eigenvalue weighted by molar-refractivity contribution is 0.00752. The van der Waals surface area contributed by atoms with Gasteiger partial charge in [-0.3, -0.25) is 9.89 Å². The fourth-order valence-corrected chi connectivity index (χ4v) is 3.52. The molecule has 2 N–H and O–H groups in total. The Bertz CT molecular complexity index is 588. The zero-order valence-electron chi connectivity index (χ0n) is 18.1. The number of aliphatic imine (C=N–C) groups is 1. The lowest BCUT2D eigenvalue weighted by Crippen LogP contribution is -2.52. The molecule has 1 unspecified atom stereocenters. The molecular weight excluding hydrogens is 465 g/mol. The van der Waals surface area contributed by atoms with Gasteiger partial charge in [-0.15, -0.1) is 24.0 Å². The van der Waals surface area contributed by atoms with Crippen molar-refractivity contribution in [1.29, 1.82) is 0 Å². The van der Waals surface area contributed by atoms with Crippen LogP contribution in [0.4, 0.5) is 0 Å². The van der Waals surface area contributed by atoms with Gasteiger partial charge in [-0.25, -0.2) is 0 Å². The number of ether oxygens (including phenoxy) is 1. The topological polar surface area (TPSA) is 52.1 Å². The summed E-state index contributed by atoms with van der Waals surface area (Å²) < 4.78 is 5.50. The number of morpholine rings is 1. The minimum Gasteiger partial charge on any atom is -0.379 e. The summed E-state index contributed by atoms with van der Waals surface area (Å²) in [6.45, 7) is 10.9. The van der Waals surface area contributed by atoms with Crippen LogP contribution in [0.5, 0.6) is 0 Å². The first-order valence-electron chi connectivity index (χ1n) is 9.99. The van der Waals surface area contributed by atoms with Crippen LogP contribution in [0.3, 0.4) is 0 Å². The predicted octanol–water partition coefficient (Wildman–Crippen LogP) is 2.39. The molecule has 0 aliphatic carbocycles. The molecule has 1 heterocycles. The second-order valence-corrected chi connectivity index (χ2v) is 7.77. The van der Waals surface area contributed by atoms with Crippen LogP contribution in [-0.2, 0) is 17.8 Å². The molecule has 1 aromatic rings.